The first-order valence-electron chi connectivity index (χ1n) is 8.05. The summed E-state index contributed by atoms with van der Waals surface area (Å²) in [5, 5.41) is 3.46. The lowest BCUT2D eigenvalue weighted by atomic mass is 10.0. The van der Waals surface area contributed by atoms with Crippen molar-refractivity contribution in [1.82, 2.24) is 14.9 Å². The molecule has 1 N–H and O–H groups in total. The lowest BCUT2D eigenvalue weighted by Gasteiger charge is -2.42. The molecule has 1 aromatic heterocycles. The quantitative estimate of drug-likeness (QED) is 0.923. The van der Waals surface area contributed by atoms with E-state index in [1.807, 2.05) is 13.8 Å². The van der Waals surface area contributed by atoms with E-state index in [4.69, 9.17) is 4.74 Å². The van der Waals surface area contributed by atoms with E-state index >= 15 is 0 Å². The van der Waals surface area contributed by atoms with Crippen molar-refractivity contribution in [2.24, 2.45) is 0 Å². The Morgan fingerprint density at radius 2 is 2.10 bits per heavy atom. The molecular weight excluding hydrogens is 264 g/mol. The summed E-state index contributed by atoms with van der Waals surface area (Å²) >= 11 is 0. The average Bonchev–Trinajstić information content (AvgIpc) is 2.49. The van der Waals surface area contributed by atoms with Crippen molar-refractivity contribution in [2.45, 2.75) is 52.2 Å². The van der Waals surface area contributed by atoms with Crippen molar-refractivity contribution in [2.75, 3.05) is 31.6 Å². The fourth-order valence-electron chi connectivity index (χ4n) is 3.33. The molecule has 5 heteroatoms. The molecule has 116 valence electrons. The molecule has 0 aliphatic carbocycles. The number of rotatable bonds is 3. The minimum Gasteiger partial charge on any atom is -0.373 e. The molecule has 2 unspecified atom stereocenters. The fourth-order valence-corrected chi connectivity index (χ4v) is 3.33. The molecule has 2 atom stereocenters. The van der Waals surface area contributed by atoms with E-state index in [1.165, 1.54) is 25.8 Å². The van der Waals surface area contributed by atoms with Gasteiger partial charge >= 0.3 is 0 Å². The molecular formula is C16H26N4O. The smallest absolute Gasteiger partial charge is 0.132 e. The number of hydrogen-bond acceptors (Lipinski definition) is 5. The third-order valence-corrected chi connectivity index (χ3v) is 4.71. The van der Waals surface area contributed by atoms with E-state index in [0.29, 0.717) is 6.04 Å². The molecule has 0 saturated carbocycles. The van der Waals surface area contributed by atoms with E-state index < -0.39 is 0 Å². The highest BCUT2D eigenvalue weighted by Crippen LogP contribution is 2.22. The van der Waals surface area contributed by atoms with E-state index in [1.54, 1.807) is 0 Å². The van der Waals surface area contributed by atoms with Gasteiger partial charge in [-0.3, -0.25) is 4.90 Å². The zero-order chi connectivity index (χ0) is 14.8. The maximum atomic E-state index is 6.02. The van der Waals surface area contributed by atoms with E-state index in [0.717, 1.165) is 42.6 Å². The Labute approximate surface area is 127 Å². The monoisotopic (exact) mass is 290 g/mol. The lowest BCUT2D eigenvalue weighted by Crippen LogP contribution is -2.53. The van der Waals surface area contributed by atoms with E-state index in [-0.39, 0.29) is 6.10 Å². The van der Waals surface area contributed by atoms with E-state index in [2.05, 4.69) is 27.1 Å². The topological polar surface area (TPSA) is 50.3 Å². The summed E-state index contributed by atoms with van der Waals surface area (Å²) in [4.78, 5) is 11.5. The third kappa shape index (κ3) is 3.35. The fraction of sp³-hybridized carbons (Fsp3) is 0.750. The van der Waals surface area contributed by atoms with Gasteiger partial charge in [0.25, 0.3) is 0 Å². The van der Waals surface area contributed by atoms with Crippen LogP contribution in [0, 0.1) is 20.8 Å². The zero-order valence-electron chi connectivity index (χ0n) is 13.4. The maximum Gasteiger partial charge on any atom is 0.132 e. The van der Waals surface area contributed by atoms with Crippen molar-refractivity contribution in [1.29, 1.82) is 0 Å². The van der Waals surface area contributed by atoms with Crippen molar-refractivity contribution in [3.63, 3.8) is 0 Å². The predicted molar refractivity (Wildman–Crippen MR) is 83.7 cm³/mol. The number of anilines is 1. The molecule has 2 aliphatic heterocycles. The molecule has 0 amide bonds. The molecule has 2 saturated heterocycles. The van der Waals surface area contributed by atoms with Gasteiger partial charge in [0.2, 0.25) is 0 Å². The molecule has 0 bridgehead atoms. The Morgan fingerprint density at radius 1 is 1.24 bits per heavy atom. The Hall–Kier alpha value is -1.20. The van der Waals surface area contributed by atoms with Crippen LogP contribution in [-0.4, -0.2) is 53.3 Å². The Balaban J connectivity index is 1.58. The predicted octanol–water partition coefficient (Wildman–Crippen LogP) is 2.07. The number of morpholine rings is 1. The molecule has 1 aromatic rings. The van der Waals surface area contributed by atoms with Crippen LogP contribution in [0.1, 0.15) is 36.3 Å². The number of ether oxygens (including phenoxy) is 1. The normalized spacial score (nSPS) is 26.4. The molecule has 5 nitrogen and oxygen atoms in total. The van der Waals surface area contributed by atoms with Crippen molar-refractivity contribution >= 4 is 5.82 Å². The number of aromatic nitrogens is 2. The van der Waals surface area contributed by atoms with Crippen LogP contribution in [0.4, 0.5) is 5.82 Å². The van der Waals surface area contributed by atoms with Crippen LogP contribution in [0.25, 0.3) is 0 Å². The van der Waals surface area contributed by atoms with Crippen molar-refractivity contribution < 1.29 is 4.74 Å². The second-order valence-electron chi connectivity index (χ2n) is 6.31. The van der Waals surface area contributed by atoms with Crippen LogP contribution >= 0.6 is 0 Å². The maximum absolute atomic E-state index is 6.02. The molecule has 0 radical (unpaired) electrons. The Bertz CT molecular complexity index is 505. The number of piperidine rings is 1. The standard InChI is InChI=1S/C16H26N4O/c1-11-12(2)18-13(3)19-16(11)17-8-15-9-20-7-5-4-6-14(20)10-21-15/h14-15H,4-10H2,1-3H3,(H,17,18,19). The van der Waals surface area contributed by atoms with Gasteiger partial charge in [0.1, 0.15) is 11.6 Å². The molecule has 2 fully saturated rings. The summed E-state index contributed by atoms with van der Waals surface area (Å²) in [7, 11) is 0. The third-order valence-electron chi connectivity index (χ3n) is 4.71. The molecule has 2 aliphatic rings. The van der Waals surface area contributed by atoms with Gasteiger partial charge in [0.15, 0.2) is 0 Å². The summed E-state index contributed by atoms with van der Waals surface area (Å²) in [6, 6.07) is 0.653. The first-order chi connectivity index (χ1) is 10.1. The molecule has 0 aromatic carbocycles. The number of nitrogens with zero attached hydrogens (tertiary/aromatic N) is 3. The van der Waals surface area contributed by atoms with Crippen LogP contribution in [0.15, 0.2) is 0 Å². The number of nitrogens with one attached hydrogen (secondary N) is 1. The molecule has 21 heavy (non-hydrogen) atoms. The highest BCUT2D eigenvalue weighted by molar-refractivity contribution is 5.45. The molecule has 0 spiro atoms. The highest BCUT2D eigenvalue weighted by Gasteiger charge is 2.30. The second kappa shape index (κ2) is 6.28. The zero-order valence-corrected chi connectivity index (χ0v) is 13.4. The highest BCUT2D eigenvalue weighted by atomic mass is 16.5. The van der Waals surface area contributed by atoms with Crippen LogP contribution in [0.5, 0.6) is 0 Å². The van der Waals surface area contributed by atoms with Gasteiger partial charge in [-0.25, -0.2) is 9.97 Å². The van der Waals surface area contributed by atoms with Crippen LogP contribution < -0.4 is 5.32 Å². The summed E-state index contributed by atoms with van der Waals surface area (Å²) in [6.45, 7) is 10.0. The van der Waals surface area contributed by atoms with Gasteiger partial charge in [-0.05, 0) is 40.2 Å². The van der Waals surface area contributed by atoms with Gasteiger partial charge in [-0.1, -0.05) is 6.42 Å². The van der Waals surface area contributed by atoms with Gasteiger partial charge in [-0.2, -0.15) is 0 Å². The minimum atomic E-state index is 0.259. The van der Waals surface area contributed by atoms with Gasteiger partial charge in [-0.15, -0.1) is 0 Å². The SMILES string of the molecule is Cc1nc(C)c(C)c(NCC2CN3CCCCC3CO2)n1. The van der Waals surface area contributed by atoms with Crippen LogP contribution in [0.3, 0.4) is 0 Å². The van der Waals surface area contributed by atoms with Crippen LogP contribution in [-0.2, 0) is 4.74 Å². The average molecular weight is 290 g/mol. The Kier molecular flexibility index (Phi) is 4.40. The van der Waals surface area contributed by atoms with Crippen molar-refractivity contribution in [3.8, 4) is 0 Å². The summed E-state index contributed by atoms with van der Waals surface area (Å²) in [6.07, 6.45) is 4.24. The second-order valence-corrected chi connectivity index (χ2v) is 6.31. The van der Waals surface area contributed by atoms with Gasteiger partial charge < -0.3 is 10.1 Å². The molecule has 3 heterocycles. The number of aryl methyl sites for hydroxylation is 2. The number of hydrogen-bond donors (Lipinski definition) is 1. The van der Waals surface area contributed by atoms with Gasteiger partial charge in [0, 0.05) is 30.4 Å². The number of fused-ring (bicyclic) bond motifs is 1. The van der Waals surface area contributed by atoms with E-state index in [9.17, 15) is 0 Å². The Morgan fingerprint density at radius 3 is 2.95 bits per heavy atom. The minimum absolute atomic E-state index is 0.259. The van der Waals surface area contributed by atoms with Crippen LogP contribution in [0.2, 0.25) is 0 Å². The first kappa shape index (κ1) is 14.7. The lowest BCUT2D eigenvalue weighted by molar-refractivity contribution is -0.0689. The molecule has 3 rings (SSSR count). The van der Waals surface area contributed by atoms with Crippen molar-refractivity contribution in [3.05, 3.63) is 17.1 Å². The summed E-state index contributed by atoms with van der Waals surface area (Å²) < 4.78 is 6.02. The largest absolute Gasteiger partial charge is 0.373 e. The van der Waals surface area contributed by atoms with Gasteiger partial charge in [0.05, 0.1) is 12.7 Å². The summed E-state index contributed by atoms with van der Waals surface area (Å²) in [5.41, 5.74) is 2.18. The summed E-state index contributed by atoms with van der Waals surface area (Å²) in [5.74, 6) is 1.77. The first-order valence-corrected chi connectivity index (χ1v) is 8.05.